The first-order valence-electron chi connectivity index (χ1n) is 6.44. The van der Waals surface area contributed by atoms with Crippen LogP contribution in [0.2, 0.25) is 0 Å². The Kier molecular flexibility index (Phi) is 3.62. The summed E-state index contributed by atoms with van der Waals surface area (Å²) in [5, 5.41) is 10.9. The van der Waals surface area contributed by atoms with E-state index >= 15 is 0 Å². The molecule has 1 aromatic carbocycles. The van der Waals surface area contributed by atoms with Gasteiger partial charge in [0.05, 0.1) is 0 Å². The number of anilines is 1. The Morgan fingerprint density at radius 1 is 1.24 bits per heavy atom. The molecule has 3 rings (SSSR count). The summed E-state index contributed by atoms with van der Waals surface area (Å²) in [5.41, 5.74) is 2.01. The second kappa shape index (κ2) is 5.57. The molecule has 0 spiro atoms. The Bertz CT molecular complexity index is 812. The number of nitrogens with zero attached hydrogens (tertiary/aromatic N) is 3. The van der Waals surface area contributed by atoms with E-state index in [2.05, 4.69) is 15.5 Å². The smallest absolute Gasteiger partial charge is 0.255 e. The maximum absolute atomic E-state index is 12.3. The maximum atomic E-state index is 12.3. The lowest BCUT2D eigenvalue weighted by atomic mass is 10.2. The van der Waals surface area contributed by atoms with Crippen molar-refractivity contribution in [1.82, 2.24) is 14.6 Å². The molecule has 0 saturated heterocycles. The molecule has 0 radical (unpaired) electrons. The monoisotopic (exact) mass is 298 g/mol. The van der Waals surface area contributed by atoms with Crippen molar-refractivity contribution >= 4 is 29.0 Å². The number of carbonyl (C=O) groups excluding carboxylic acids is 1. The first-order valence-corrected chi connectivity index (χ1v) is 7.66. The van der Waals surface area contributed by atoms with E-state index in [1.54, 1.807) is 30.1 Å². The zero-order chi connectivity index (χ0) is 14.8. The van der Waals surface area contributed by atoms with Gasteiger partial charge in [-0.05, 0) is 43.5 Å². The molecule has 3 aromatic rings. The number of hydrogen-bond donors (Lipinski definition) is 1. The van der Waals surface area contributed by atoms with Gasteiger partial charge in [-0.2, -0.15) is 0 Å². The van der Waals surface area contributed by atoms with Crippen LogP contribution in [-0.2, 0) is 0 Å². The summed E-state index contributed by atoms with van der Waals surface area (Å²) in [4.78, 5) is 13.4. The van der Waals surface area contributed by atoms with Crippen molar-refractivity contribution in [3.8, 4) is 0 Å². The number of carbonyl (C=O) groups is 1. The average molecular weight is 298 g/mol. The number of benzene rings is 1. The van der Waals surface area contributed by atoms with Crippen LogP contribution in [0.25, 0.3) is 5.65 Å². The minimum atomic E-state index is -0.156. The van der Waals surface area contributed by atoms with Gasteiger partial charge in [-0.3, -0.25) is 9.20 Å². The normalized spacial score (nSPS) is 10.8. The van der Waals surface area contributed by atoms with Gasteiger partial charge >= 0.3 is 0 Å². The van der Waals surface area contributed by atoms with Gasteiger partial charge in [-0.15, -0.1) is 22.0 Å². The molecule has 1 amide bonds. The Labute approximate surface area is 126 Å². The fourth-order valence-electron chi connectivity index (χ4n) is 2.06. The maximum Gasteiger partial charge on any atom is 0.255 e. The second-order valence-corrected chi connectivity index (χ2v) is 5.46. The molecular weight excluding hydrogens is 284 g/mol. The first-order chi connectivity index (χ1) is 10.2. The number of thioether (sulfide) groups is 1. The van der Waals surface area contributed by atoms with Crippen molar-refractivity contribution in [2.45, 2.75) is 11.8 Å². The summed E-state index contributed by atoms with van der Waals surface area (Å²) in [6.45, 7) is 1.87. The highest BCUT2D eigenvalue weighted by Gasteiger charge is 2.09. The largest absolute Gasteiger partial charge is 0.322 e. The molecule has 2 heterocycles. The molecule has 0 fully saturated rings. The number of fused-ring (bicyclic) bond motifs is 1. The van der Waals surface area contributed by atoms with Crippen molar-refractivity contribution in [3.63, 3.8) is 0 Å². The van der Waals surface area contributed by atoms with E-state index in [0.717, 1.165) is 16.4 Å². The Morgan fingerprint density at radius 2 is 2.10 bits per heavy atom. The molecule has 0 atom stereocenters. The molecule has 21 heavy (non-hydrogen) atoms. The van der Waals surface area contributed by atoms with Gasteiger partial charge in [-0.25, -0.2) is 0 Å². The van der Waals surface area contributed by atoms with Crippen LogP contribution in [0.3, 0.4) is 0 Å². The van der Waals surface area contributed by atoms with E-state index < -0.39 is 0 Å². The molecular formula is C15H14N4OS. The molecule has 0 aliphatic rings. The van der Waals surface area contributed by atoms with Gasteiger partial charge in [0.1, 0.15) is 5.82 Å². The van der Waals surface area contributed by atoms with Gasteiger partial charge in [-0.1, -0.05) is 6.07 Å². The SMILES string of the molecule is CSc1cccc(NC(=O)c2ccn3c(C)nnc3c2)c1. The number of amides is 1. The minimum Gasteiger partial charge on any atom is -0.322 e. The van der Waals surface area contributed by atoms with Crippen LogP contribution in [0.5, 0.6) is 0 Å². The lowest BCUT2D eigenvalue weighted by molar-refractivity contribution is 0.102. The van der Waals surface area contributed by atoms with Crippen LogP contribution in [0.4, 0.5) is 5.69 Å². The van der Waals surface area contributed by atoms with Gasteiger partial charge < -0.3 is 5.32 Å². The highest BCUT2D eigenvalue weighted by Crippen LogP contribution is 2.19. The quantitative estimate of drug-likeness (QED) is 0.755. The lowest BCUT2D eigenvalue weighted by Crippen LogP contribution is -2.12. The standard InChI is InChI=1S/C15H14N4OS/c1-10-17-18-14-8-11(6-7-19(10)14)15(20)16-12-4-3-5-13(9-12)21-2/h3-9H,1-2H3,(H,16,20). The van der Waals surface area contributed by atoms with Crippen LogP contribution < -0.4 is 5.32 Å². The van der Waals surface area contributed by atoms with E-state index in [1.165, 1.54) is 0 Å². The molecule has 2 aromatic heterocycles. The van der Waals surface area contributed by atoms with Crippen molar-refractivity contribution in [3.05, 3.63) is 54.0 Å². The van der Waals surface area contributed by atoms with Crippen LogP contribution in [-0.4, -0.2) is 26.8 Å². The molecule has 0 unspecified atom stereocenters. The molecule has 0 bridgehead atoms. The minimum absolute atomic E-state index is 0.156. The number of hydrogen-bond acceptors (Lipinski definition) is 4. The number of rotatable bonds is 3. The highest BCUT2D eigenvalue weighted by atomic mass is 32.2. The number of aromatic nitrogens is 3. The third-order valence-corrected chi connectivity index (χ3v) is 3.90. The van der Waals surface area contributed by atoms with Crippen molar-refractivity contribution in [1.29, 1.82) is 0 Å². The lowest BCUT2D eigenvalue weighted by Gasteiger charge is -2.07. The van der Waals surface area contributed by atoms with Crippen molar-refractivity contribution < 1.29 is 4.79 Å². The molecule has 0 saturated carbocycles. The Hall–Kier alpha value is -2.34. The van der Waals surface area contributed by atoms with Gasteiger partial charge in [0, 0.05) is 22.3 Å². The van der Waals surface area contributed by atoms with Crippen LogP contribution in [0.15, 0.2) is 47.5 Å². The topological polar surface area (TPSA) is 59.3 Å². The van der Waals surface area contributed by atoms with Crippen LogP contribution in [0.1, 0.15) is 16.2 Å². The van der Waals surface area contributed by atoms with Crippen molar-refractivity contribution in [2.24, 2.45) is 0 Å². The predicted molar refractivity (Wildman–Crippen MR) is 83.9 cm³/mol. The van der Waals surface area contributed by atoms with Crippen molar-refractivity contribution in [2.75, 3.05) is 11.6 Å². The fourth-order valence-corrected chi connectivity index (χ4v) is 2.52. The Morgan fingerprint density at radius 3 is 2.90 bits per heavy atom. The molecule has 0 aliphatic heterocycles. The highest BCUT2D eigenvalue weighted by molar-refractivity contribution is 7.98. The molecule has 1 N–H and O–H groups in total. The fraction of sp³-hybridized carbons (Fsp3) is 0.133. The predicted octanol–water partition coefficient (Wildman–Crippen LogP) is 3.01. The van der Waals surface area contributed by atoms with E-state index in [4.69, 9.17) is 0 Å². The summed E-state index contributed by atoms with van der Waals surface area (Å²) < 4.78 is 1.84. The zero-order valence-electron chi connectivity index (χ0n) is 11.7. The molecule has 0 aliphatic carbocycles. The number of pyridine rings is 1. The van der Waals surface area contributed by atoms with Crippen LogP contribution >= 0.6 is 11.8 Å². The summed E-state index contributed by atoms with van der Waals surface area (Å²) in [6, 6.07) is 11.2. The summed E-state index contributed by atoms with van der Waals surface area (Å²) in [5.74, 6) is 0.640. The van der Waals surface area contributed by atoms with Gasteiger partial charge in [0.2, 0.25) is 0 Å². The van der Waals surface area contributed by atoms with E-state index in [9.17, 15) is 4.79 Å². The van der Waals surface area contributed by atoms with Crippen LogP contribution in [0, 0.1) is 6.92 Å². The summed E-state index contributed by atoms with van der Waals surface area (Å²) >= 11 is 1.64. The second-order valence-electron chi connectivity index (χ2n) is 4.58. The molecule has 106 valence electrons. The zero-order valence-corrected chi connectivity index (χ0v) is 12.5. The number of aryl methyl sites for hydroxylation is 1. The van der Waals surface area contributed by atoms with E-state index in [0.29, 0.717) is 11.2 Å². The first kappa shape index (κ1) is 13.6. The summed E-state index contributed by atoms with van der Waals surface area (Å²) in [6.07, 6.45) is 3.81. The third-order valence-electron chi connectivity index (χ3n) is 3.17. The Balaban J connectivity index is 1.86. The average Bonchev–Trinajstić information content (AvgIpc) is 2.88. The molecule has 6 heteroatoms. The number of nitrogens with one attached hydrogen (secondary N) is 1. The van der Waals surface area contributed by atoms with E-state index in [1.807, 2.05) is 41.8 Å². The molecule has 5 nitrogen and oxygen atoms in total. The van der Waals surface area contributed by atoms with Gasteiger partial charge in [0.25, 0.3) is 5.91 Å². The van der Waals surface area contributed by atoms with Gasteiger partial charge in [0.15, 0.2) is 5.65 Å². The van der Waals surface area contributed by atoms with E-state index in [-0.39, 0.29) is 5.91 Å². The summed E-state index contributed by atoms with van der Waals surface area (Å²) in [7, 11) is 0. The third kappa shape index (κ3) is 2.75.